The third-order valence-electron chi connectivity index (χ3n) is 1.35. The number of rotatable bonds is 1. The van der Waals surface area contributed by atoms with Crippen LogP contribution in [-0.4, -0.2) is 0 Å². The van der Waals surface area contributed by atoms with Crippen molar-refractivity contribution in [3.05, 3.63) is 22.4 Å². The Kier molecular flexibility index (Phi) is 1.11. The molecule has 0 aromatic heterocycles. The van der Waals surface area contributed by atoms with Gasteiger partial charge in [-0.05, 0) is 0 Å². The van der Waals surface area contributed by atoms with Crippen LogP contribution in [0.15, 0.2) is 22.4 Å². The summed E-state index contributed by atoms with van der Waals surface area (Å²) >= 11 is -0.0998. The van der Waals surface area contributed by atoms with Crippen molar-refractivity contribution in [3.8, 4) is 0 Å². The molecule has 1 fully saturated rings. The zero-order valence-corrected chi connectivity index (χ0v) is 6.33. The van der Waals surface area contributed by atoms with Crippen molar-refractivity contribution < 1.29 is 16.0 Å². The van der Waals surface area contributed by atoms with Gasteiger partial charge in [-0.1, -0.05) is 0 Å². The van der Waals surface area contributed by atoms with Crippen LogP contribution in [-0.2, 0) is 16.0 Å². The van der Waals surface area contributed by atoms with Crippen molar-refractivity contribution in [2.45, 2.75) is 16.5 Å². The third-order valence-corrected chi connectivity index (χ3v) is 5.08. The van der Waals surface area contributed by atoms with Crippen molar-refractivity contribution in [1.29, 1.82) is 0 Å². The maximum atomic E-state index is 2.33. The molecule has 46 valence electrons. The van der Waals surface area contributed by atoms with Gasteiger partial charge in [-0.2, -0.15) is 0 Å². The number of allylic oxidation sites excluding steroid dienone is 4. The summed E-state index contributed by atoms with van der Waals surface area (Å²) in [6.45, 7) is 0. The molecule has 0 saturated carbocycles. The van der Waals surface area contributed by atoms with Gasteiger partial charge in [-0.25, -0.2) is 0 Å². The van der Waals surface area contributed by atoms with Crippen LogP contribution in [0.2, 0.25) is 10.0 Å². The van der Waals surface area contributed by atoms with Gasteiger partial charge in [0.25, 0.3) is 0 Å². The molecule has 0 N–H and O–H groups in total. The van der Waals surface area contributed by atoms with Crippen LogP contribution < -0.4 is 0 Å². The Hall–Kier alpha value is 0.103. The fourth-order valence-corrected chi connectivity index (χ4v) is 4.04. The van der Waals surface area contributed by atoms with Crippen LogP contribution in [0.3, 0.4) is 0 Å². The molecule has 0 unspecified atom stereocenters. The van der Waals surface area contributed by atoms with Gasteiger partial charge in [0.05, 0.1) is 0 Å². The molecule has 1 aliphatic heterocycles. The molecule has 0 aromatic carbocycles. The molecule has 1 heteroatoms. The fourth-order valence-electron chi connectivity index (χ4n) is 0.828. The summed E-state index contributed by atoms with van der Waals surface area (Å²) < 4.78 is 1.80. The van der Waals surface area contributed by atoms with Crippen molar-refractivity contribution >= 4 is 0 Å². The Morgan fingerprint density at radius 3 is 2.75 bits per heavy atom. The molecular formula is C7H9Rh. The molecule has 0 amide bonds. The van der Waals surface area contributed by atoms with Gasteiger partial charge in [0.15, 0.2) is 0 Å². The number of hydrogen-bond donors (Lipinski definition) is 0. The van der Waals surface area contributed by atoms with E-state index in [1.807, 2.05) is 0 Å². The Labute approximate surface area is 55.2 Å². The first-order valence-electron chi connectivity index (χ1n) is 2.86. The monoisotopic (exact) mass is 196 g/mol. The van der Waals surface area contributed by atoms with Crippen LogP contribution in [0, 0.1) is 0 Å². The van der Waals surface area contributed by atoms with Crippen molar-refractivity contribution in [1.82, 2.24) is 0 Å². The molecule has 1 aliphatic carbocycles. The maximum absolute atomic E-state index is 2.33. The molecule has 8 heavy (non-hydrogen) atoms. The van der Waals surface area contributed by atoms with Gasteiger partial charge < -0.3 is 0 Å². The van der Waals surface area contributed by atoms with E-state index in [1.54, 1.807) is 14.2 Å². The van der Waals surface area contributed by atoms with Crippen molar-refractivity contribution in [2.24, 2.45) is 0 Å². The Morgan fingerprint density at radius 2 is 2.25 bits per heavy atom. The summed E-state index contributed by atoms with van der Waals surface area (Å²) in [4.78, 5) is 0. The van der Waals surface area contributed by atoms with Gasteiger partial charge in [-0.15, -0.1) is 0 Å². The minimum atomic E-state index is -0.0998. The van der Waals surface area contributed by atoms with Gasteiger partial charge in [0.2, 0.25) is 0 Å². The molecule has 1 saturated heterocycles. The Bertz CT molecular complexity index is 152. The van der Waals surface area contributed by atoms with Crippen LogP contribution in [0.4, 0.5) is 0 Å². The normalized spacial score (nSPS) is 28.5. The number of hydrogen-bond acceptors (Lipinski definition) is 0. The van der Waals surface area contributed by atoms with Crippen LogP contribution in [0.5, 0.6) is 0 Å². The zero-order valence-electron chi connectivity index (χ0n) is 4.69. The molecular weight excluding hydrogens is 187 g/mol. The second kappa shape index (κ2) is 1.81. The van der Waals surface area contributed by atoms with Gasteiger partial charge in [0, 0.05) is 0 Å². The van der Waals surface area contributed by atoms with Gasteiger partial charge in [-0.3, -0.25) is 0 Å². The third kappa shape index (κ3) is 0.799. The van der Waals surface area contributed by atoms with Crippen molar-refractivity contribution in [3.63, 3.8) is 0 Å². The topological polar surface area (TPSA) is 0 Å². The summed E-state index contributed by atoms with van der Waals surface area (Å²) in [6, 6.07) is 0. The second-order valence-corrected chi connectivity index (χ2v) is 6.62. The molecule has 0 atom stereocenters. The predicted octanol–water partition coefficient (Wildman–Crippen LogP) is 2.30. The van der Waals surface area contributed by atoms with E-state index in [0.29, 0.717) is 0 Å². The molecule has 0 spiro atoms. The van der Waals surface area contributed by atoms with Crippen LogP contribution in [0.25, 0.3) is 0 Å². The molecule has 1 heterocycles. The first kappa shape index (κ1) is 4.93. The molecule has 2 aliphatic rings. The summed E-state index contributed by atoms with van der Waals surface area (Å²) in [6.07, 6.45) is 8.11. The quantitative estimate of drug-likeness (QED) is 0.564. The van der Waals surface area contributed by atoms with Gasteiger partial charge in [0.1, 0.15) is 0 Å². The first-order valence-corrected chi connectivity index (χ1v) is 5.99. The molecule has 0 radical (unpaired) electrons. The van der Waals surface area contributed by atoms with Crippen LogP contribution in [0.1, 0.15) is 6.42 Å². The SMILES string of the molecule is C1=CC[C]([Rh]2[CH2][CH2]2)=C1. The van der Waals surface area contributed by atoms with Crippen molar-refractivity contribution in [2.75, 3.05) is 0 Å². The second-order valence-electron chi connectivity index (χ2n) is 1.95. The Morgan fingerprint density at radius 1 is 1.38 bits per heavy atom. The van der Waals surface area contributed by atoms with Crippen LogP contribution >= 0.6 is 0 Å². The average Bonchev–Trinajstić information content (AvgIpc) is 2.49. The average molecular weight is 196 g/mol. The molecule has 0 aromatic rings. The van der Waals surface area contributed by atoms with E-state index in [4.69, 9.17) is 0 Å². The van der Waals surface area contributed by atoms with E-state index >= 15 is 0 Å². The van der Waals surface area contributed by atoms with E-state index in [2.05, 4.69) is 18.2 Å². The summed E-state index contributed by atoms with van der Waals surface area (Å²) in [5, 5.41) is 3.16. The molecule has 0 bridgehead atoms. The minimum absolute atomic E-state index is 0.0998. The van der Waals surface area contributed by atoms with E-state index in [-0.39, 0.29) is 16.0 Å². The summed E-state index contributed by atoms with van der Waals surface area (Å²) in [5.41, 5.74) is 0. The first-order chi connectivity index (χ1) is 3.97. The van der Waals surface area contributed by atoms with E-state index < -0.39 is 0 Å². The Balaban J connectivity index is 2.07. The van der Waals surface area contributed by atoms with Gasteiger partial charge >= 0.3 is 54.8 Å². The van der Waals surface area contributed by atoms with E-state index in [1.165, 1.54) is 6.42 Å². The standard InChI is InChI=1S/C5H5.C2H4.Rh/c1-2-4-5-3-1;1-2;/h1-3H,4H2;1-2H2;. The predicted molar refractivity (Wildman–Crippen MR) is 31.5 cm³/mol. The van der Waals surface area contributed by atoms with E-state index in [0.717, 1.165) is 0 Å². The fraction of sp³-hybridized carbons (Fsp3) is 0.429. The molecule has 0 nitrogen and oxygen atoms in total. The summed E-state index contributed by atoms with van der Waals surface area (Å²) in [7, 11) is 0. The summed E-state index contributed by atoms with van der Waals surface area (Å²) in [5.74, 6) is 0. The van der Waals surface area contributed by atoms with E-state index in [9.17, 15) is 0 Å². The zero-order chi connectivity index (χ0) is 5.40. The molecule has 2 rings (SSSR count).